The number of halogens is 1. The second-order valence-corrected chi connectivity index (χ2v) is 4.81. The van der Waals surface area contributed by atoms with E-state index in [0.717, 1.165) is 10.4 Å². The first-order valence-electron chi connectivity index (χ1n) is 5.43. The topological polar surface area (TPSA) is 47.2 Å². The highest BCUT2D eigenvalue weighted by Crippen LogP contribution is 2.43. The van der Waals surface area contributed by atoms with Crippen LogP contribution in [-0.4, -0.2) is 9.55 Å². The molecule has 1 heterocycles. The standard InChI is InChI=1S/C11H14BrN3O/c1-3-8(14-16)6-9-13-11(12)10(15(9)2)7-4-5-7/h6-7H,3-5H2,1-2H3/b8-6+. The molecule has 0 saturated heterocycles. The van der Waals surface area contributed by atoms with E-state index in [1.54, 1.807) is 6.08 Å². The fourth-order valence-corrected chi connectivity index (χ4v) is 2.54. The second kappa shape index (κ2) is 4.49. The molecule has 0 N–H and O–H groups in total. The summed E-state index contributed by atoms with van der Waals surface area (Å²) in [7, 11) is 1.98. The molecule has 0 aromatic carbocycles. The molecule has 2 rings (SSSR count). The molecule has 0 amide bonds. The summed E-state index contributed by atoms with van der Waals surface area (Å²) in [6.45, 7) is 1.91. The summed E-state index contributed by atoms with van der Waals surface area (Å²) in [5.74, 6) is 1.42. The lowest BCUT2D eigenvalue weighted by Crippen LogP contribution is -1.97. The molecule has 1 aliphatic carbocycles. The highest BCUT2D eigenvalue weighted by Gasteiger charge is 2.30. The zero-order valence-electron chi connectivity index (χ0n) is 9.40. The van der Waals surface area contributed by atoms with E-state index in [4.69, 9.17) is 0 Å². The Bertz CT molecular complexity index is 446. The normalized spacial score (nSPS) is 16.6. The number of imidazole rings is 1. The summed E-state index contributed by atoms with van der Waals surface area (Å²) in [6, 6.07) is 0. The van der Waals surface area contributed by atoms with Gasteiger partial charge in [-0.1, -0.05) is 6.92 Å². The fourth-order valence-electron chi connectivity index (χ4n) is 1.76. The summed E-state index contributed by atoms with van der Waals surface area (Å²) in [4.78, 5) is 14.9. The number of hydrogen-bond acceptors (Lipinski definition) is 3. The van der Waals surface area contributed by atoms with Crippen LogP contribution < -0.4 is 0 Å². The van der Waals surface area contributed by atoms with Crippen molar-refractivity contribution >= 4 is 22.0 Å². The molecule has 1 aromatic rings. The predicted octanol–water partition coefficient (Wildman–Crippen LogP) is 3.58. The Morgan fingerprint density at radius 2 is 2.38 bits per heavy atom. The van der Waals surface area contributed by atoms with Crippen LogP contribution in [-0.2, 0) is 7.05 Å². The molecule has 1 fully saturated rings. The van der Waals surface area contributed by atoms with E-state index in [-0.39, 0.29) is 0 Å². The van der Waals surface area contributed by atoms with E-state index in [1.807, 2.05) is 18.5 Å². The molecule has 4 nitrogen and oxygen atoms in total. The van der Waals surface area contributed by atoms with Gasteiger partial charge in [-0.3, -0.25) is 0 Å². The van der Waals surface area contributed by atoms with Gasteiger partial charge in [-0.2, -0.15) is 0 Å². The van der Waals surface area contributed by atoms with Crippen LogP contribution in [0.4, 0.5) is 0 Å². The summed E-state index contributed by atoms with van der Waals surface area (Å²) in [6.07, 6.45) is 4.85. The van der Waals surface area contributed by atoms with Gasteiger partial charge in [0.2, 0.25) is 0 Å². The summed E-state index contributed by atoms with van der Waals surface area (Å²) >= 11 is 3.47. The van der Waals surface area contributed by atoms with Crippen LogP contribution in [0, 0.1) is 4.91 Å². The third-order valence-corrected chi connectivity index (χ3v) is 3.45. The van der Waals surface area contributed by atoms with Gasteiger partial charge in [0.25, 0.3) is 0 Å². The maximum Gasteiger partial charge on any atom is 0.135 e. The van der Waals surface area contributed by atoms with E-state index in [0.29, 0.717) is 18.0 Å². The van der Waals surface area contributed by atoms with Crippen molar-refractivity contribution in [3.05, 3.63) is 26.7 Å². The number of hydrogen-bond donors (Lipinski definition) is 0. The molecule has 1 saturated carbocycles. The summed E-state index contributed by atoms with van der Waals surface area (Å²) < 4.78 is 2.94. The third-order valence-electron chi connectivity index (χ3n) is 2.87. The highest BCUT2D eigenvalue weighted by atomic mass is 79.9. The molecule has 0 atom stereocenters. The molecule has 86 valence electrons. The number of rotatable bonds is 4. The number of nitrogens with zero attached hydrogens (tertiary/aromatic N) is 3. The van der Waals surface area contributed by atoms with E-state index >= 15 is 0 Å². The van der Waals surface area contributed by atoms with Crippen LogP contribution >= 0.6 is 15.9 Å². The highest BCUT2D eigenvalue weighted by molar-refractivity contribution is 9.10. The minimum absolute atomic E-state index is 0.531. The molecule has 16 heavy (non-hydrogen) atoms. The Morgan fingerprint density at radius 1 is 1.69 bits per heavy atom. The quantitative estimate of drug-likeness (QED) is 0.793. The Labute approximate surface area is 103 Å². The Hall–Kier alpha value is -0.970. The van der Waals surface area contributed by atoms with Crippen molar-refractivity contribution in [2.24, 2.45) is 12.2 Å². The van der Waals surface area contributed by atoms with Crippen molar-refractivity contribution in [2.75, 3.05) is 0 Å². The van der Waals surface area contributed by atoms with Crippen molar-refractivity contribution in [3.8, 4) is 0 Å². The van der Waals surface area contributed by atoms with Gasteiger partial charge in [-0.25, -0.2) is 4.98 Å². The fraction of sp³-hybridized carbons (Fsp3) is 0.545. The maximum atomic E-state index is 10.5. The first-order valence-corrected chi connectivity index (χ1v) is 6.22. The molecule has 0 radical (unpaired) electrons. The maximum absolute atomic E-state index is 10.5. The van der Waals surface area contributed by atoms with Gasteiger partial charge < -0.3 is 4.57 Å². The van der Waals surface area contributed by atoms with Crippen molar-refractivity contribution in [1.82, 2.24) is 9.55 Å². The van der Waals surface area contributed by atoms with Gasteiger partial charge >= 0.3 is 0 Å². The number of aromatic nitrogens is 2. The molecule has 0 spiro atoms. The average Bonchev–Trinajstić information content (AvgIpc) is 3.04. The lowest BCUT2D eigenvalue weighted by atomic mass is 10.3. The minimum Gasteiger partial charge on any atom is -0.330 e. The molecule has 0 aliphatic heterocycles. The molecule has 1 aliphatic rings. The van der Waals surface area contributed by atoms with Crippen LogP contribution in [0.2, 0.25) is 0 Å². The smallest absolute Gasteiger partial charge is 0.135 e. The van der Waals surface area contributed by atoms with Gasteiger partial charge in [-0.15, -0.1) is 4.91 Å². The van der Waals surface area contributed by atoms with Crippen LogP contribution in [0.15, 0.2) is 15.5 Å². The number of nitroso groups, excluding NO2 is 1. The van der Waals surface area contributed by atoms with Crippen LogP contribution in [0.5, 0.6) is 0 Å². The lowest BCUT2D eigenvalue weighted by Gasteiger charge is -2.02. The molecule has 0 bridgehead atoms. The zero-order chi connectivity index (χ0) is 11.7. The van der Waals surface area contributed by atoms with Crippen LogP contribution in [0.25, 0.3) is 6.08 Å². The summed E-state index contributed by atoms with van der Waals surface area (Å²) in [5, 5.41) is 2.98. The molecular weight excluding hydrogens is 270 g/mol. The number of allylic oxidation sites excluding steroid dienone is 1. The van der Waals surface area contributed by atoms with Gasteiger partial charge in [0, 0.05) is 19.0 Å². The molecular formula is C11H14BrN3O. The van der Waals surface area contributed by atoms with Crippen molar-refractivity contribution in [3.63, 3.8) is 0 Å². The summed E-state index contributed by atoms with van der Waals surface area (Å²) in [5.41, 5.74) is 1.76. The zero-order valence-corrected chi connectivity index (χ0v) is 11.0. The molecule has 0 unspecified atom stereocenters. The van der Waals surface area contributed by atoms with Crippen LogP contribution in [0.3, 0.4) is 0 Å². The van der Waals surface area contributed by atoms with Gasteiger partial charge in [0.1, 0.15) is 10.4 Å². The van der Waals surface area contributed by atoms with E-state index in [1.165, 1.54) is 18.5 Å². The molecule has 5 heteroatoms. The van der Waals surface area contributed by atoms with E-state index in [2.05, 4.69) is 26.1 Å². The lowest BCUT2D eigenvalue weighted by molar-refractivity contribution is 0.813. The van der Waals surface area contributed by atoms with E-state index in [9.17, 15) is 4.91 Å². The Morgan fingerprint density at radius 3 is 2.88 bits per heavy atom. The van der Waals surface area contributed by atoms with Gasteiger partial charge in [0.15, 0.2) is 0 Å². The largest absolute Gasteiger partial charge is 0.330 e. The molecule has 1 aromatic heterocycles. The Balaban J connectivity index is 2.38. The van der Waals surface area contributed by atoms with Crippen molar-refractivity contribution in [1.29, 1.82) is 0 Å². The minimum atomic E-state index is 0.531. The predicted molar refractivity (Wildman–Crippen MR) is 66.9 cm³/mol. The van der Waals surface area contributed by atoms with Crippen molar-refractivity contribution < 1.29 is 0 Å². The SMILES string of the molecule is CC/C(=C\c1nc(Br)c(C2CC2)n1C)N=O. The van der Waals surface area contributed by atoms with Gasteiger partial charge in [0.05, 0.1) is 11.4 Å². The van der Waals surface area contributed by atoms with Gasteiger partial charge in [-0.05, 0) is 40.4 Å². The van der Waals surface area contributed by atoms with Crippen molar-refractivity contribution in [2.45, 2.75) is 32.1 Å². The van der Waals surface area contributed by atoms with Crippen LogP contribution in [0.1, 0.15) is 43.6 Å². The monoisotopic (exact) mass is 283 g/mol. The first-order chi connectivity index (χ1) is 7.67. The average molecular weight is 284 g/mol. The van der Waals surface area contributed by atoms with E-state index < -0.39 is 0 Å². The second-order valence-electron chi connectivity index (χ2n) is 4.06. The third kappa shape index (κ3) is 2.09. The Kier molecular flexibility index (Phi) is 3.23. The first kappa shape index (κ1) is 11.5.